The van der Waals surface area contributed by atoms with Crippen LogP contribution < -0.4 is 8.79 Å². The third-order valence-electron chi connectivity index (χ3n) is 2.98. The summed E-state index contributed by atoms with van der Waals surface area (Å²) >= 11 is -1.42. The van der Waals surface area contributed by atoms with Gasteiger partial charge in [-0.25, -0.2) is 0 Å². The van der Waals surface area contributed by atoms with Crippen molar-refractivity contribution in [1.82, 2.24) is 0 Å². The summed E-state index contributed by atoms with van der Waals surface area (Å²) in [6.45, 7) is 5.01. The maximum atomic E-state index is 2.50. The van der Waals surface area contributed by atoms with Crippen molar-refractivity contribution in [2.75, 3.05) is 0 Å². The fourth-order valence-corrected chi connectivity index (χ4v) is 19.3. The summed E-state index contributed by atoms with van der Waals surface area (Å²) in [5, 5.41) is 0. The van der Waals surface area contributed by atoms with Crippen LogP contribution in [0.25, 0.3) is 0 Å². The summed E-state index contributed by atoms with van der Waals surface area (Å²) in [4.78, 5) is 0. The van der Waals surface area contributed by atoms with Crippen molar-refractivity contribution in [3.63, 3.8) is 0 Å². The van der Waals surface area contributed by atoms with Crippen LogP contribution in [0.3, 0.4) is 0 Å². The molecule has 0 N–H and O–H groups in total. The van der Waals surface area contributed by atoms with Crippen molar-refractivity contribution >= 4 is 29.8 Å². The van der Waals surface area contributed by atoms with Gasteiger partial charge < -0.3 is 0 Å². The summed E-state index contributed by atoms with van der Waals surface area (Å²) in [7, 11) is -0.551. The zero-order chi connectivity index (χ0) is 11.4. The summed E-state index contributed by atoms with van der Waals surface area (Å²) in [6, 6.07) is 22.3. The average Bonchev–Trinajstić information content (AvgIpc) is 2.31. The molecule has 0 fully saturated rings. The number of rotatable bonds is 3. The summed E-state index contributed by atoms with van der Waals surface area (Å²) in [5.74, 6) is 0. The van der Waals surface area contributed by atoms with Crippen LogP contribution in [0.4, 0.5) is 0 Å². The quantitative estimate of drug-likeness (QED) is 0.752. The Morgan fingerprint density at radius 3 is 1.38 bits per heavy atom. The van der Waals surface area contributed by atoms with Gasteiger partial charge in [-0.1, -0.05) is 0 Å². The molecule has 0 saturated carbocycles. The number of benzene rings is 2. The molecule has 2 aromatic carbocycles. The van der Waals surface area contributed by atoms with Gasteiger partial charge in [0.1, 0.15) is 0 Å². The zero-order valence-electron chi connectivity index (χ0n) is 9.93. The molecule has 0 saturated heterocycles. The summed E-state index contributed by atoms with van der Waals surface area (Å²) in [6.07, 6.45) is 0. The molecule has 0 nitrogen and oxygen atoms in total. The molecule has 0 aromatic heterocycles. The van der Waals surface area contributed by atoms with Crippen LogP contribution in [-0.4, -0.2) is 21.0 Å². The Labute approximate surface area is 103 Å². The van der Waals surface area contributed by atoms with Crippen LogP contribution in [0.2, 0.25) is 13.1 Å². The van der Waals surface area contributed by atoms with Crippen LogP contribution in [0.5, 0.6) is 0 Å². The predicted octanol–water partition coefficient (Wildman–Crippen LogP) is 1.59. The Morgan fingerprint density at radius 2 is 1.06 bits per heavy atom. The second-order valence-electron chi connectivity index (χ2n) is 4.54. The minimum absolute atomic E-state index is 0.551. The first kappa shape index (κ1) is 11.7. The minimum atomic E-state index is -1.42. The van der Waals surface area contributed by atoms with Gasteiger partial charge in [0.2, 0.25) is 0 Å². The third kappa shape index (κ3) is 2.66. The molecule has 16 heavy (non-hydrogen) atoms. The zero-order valence-corrected chi connectivity index (χ0v) is 13.5. The molecule has 2 rings (SSSR count). The monoisotopic (exact) mass is 288 g/mol. The Bertz CT molecular complexity index is 386. The van der Waals surface area contributed by atoms with Crippen LogP contribution in [0.1, 0.15) is 0 Å². The van der Waals surface area contributed by atoms with E-state index in [1.165, 1.54) is 0 Å². The van der Waals surface area contributed by atoms with E-state index in [2.05, 4.69) is 73.8 Å². The van der Waals surface area contributed by atoms with Gasteiger partial charge in [-0.3, -0.25) is 0 Å². The first-order chi connectivity index (χ1) is 7.79. The van der Waals surface area contributed by atoms with E-state index in [9.17, 15) is 0 Å². The standard InChI is InChI=1S/C14H18GeSi/c1-16(2)15(13-9-5-3-6-10-13)14-11-7-4-8-12-14/h3-12,15-16H,1-2H3. The van der Waals surface area contributed by atoms with Crippen molar-refractivity contribution < 1.29 is 0 Å². The van der Waals surface area contributed by atoms with Gasteiger partial charge in [-0.2, -0.15) is 0 Å². The van der Waals surface area contributed by atoms with E-state index in [-0.39, 0.29) is 0 Å². The molecule has 0 amide bonds. The first-order valence-corrected chi connectivity index (χ1v) is 15.5. The topological polar surface area (TPSA) is 0 Å². The van der Waals surface area contributed by atoms with E-state index in [0.29, 0.717) is 0 Å². The van der Waals surface area contributed by atoms with Crippen molar-refractivity contribution in [3.8, 4) is 0 Å². The van der Waals surface area contributed by atoms with Gasteiger partial charge >= 0.3 is 104 Å². The second-order valence-corrected chi connectivity index (χ2v) is 23.7. The maximum absolute atomic E-state index is 2.50. The van der Waals surface area contributed by atoms with Crippen molar-refractivity contribution in [2.24, 2.45) is 0 Å². The van der Waals surface area contributed by atoms with E-state index in [4.69, 9.17) is 0 Å². The van der Waals surface area contributed by atoms with Gasteiger partial charge in [-0.15, -0.1) is 0 Å². The molecule has 0 heterocycles. The fraction of sp³-hybridized carbons (Fsp3) is 0.143. The average molecular weight is 287 g/mol. The molecule has 0 bridgehead atoms. The summed E-state index contributed by atoms with van der Waals surface area (Å²) in [5.41, 5.74) is 0. The molecular formula is C14H18GeSi. The van der Waals surface area contributed by atoms with Crippen LogP contribution in [-0.2, 0) is 0 Å². The first-order valence-electron chi connectivity index (χ1n) is 5.89. The summed E-state index contributed by atoms with van der Waals surface area (Å²) < 4.78 is 3.31. The second kappa shape index (κ2) is 5.50. The predicted molar refractivity (Wildman–Crippen MR) is 78.2 cm³/mol. The molecule has 0 radical (unpaired) electrons. The van der Waals surface area contributed by atoms with E-state index in [1.807, 2.05) is 0 Å². The molecule has 0 aliphatic heterocycles. The van der Waals surface area contributed by atoms with Crippen molar-refractivity contribution in [2.45, 2.75) is 13.1 Å². The van der Waals surface area contributed by atoms with E-state index in [1.54, 1.807) is 8.79 Å². The van der Waals surface area contributed by atoms with Gasteiger partial charge in [0.15, 0.2) is 0 Å². The van der Waals surface area contributed by atoms with Gasteiger partial charge in [0, 0.05) is 0 Å². The van der Waals surface area contributed by atoms with Crippen LogP contribution in [0, 0.1) is 0 Å². The molecule has 0 aliphatic carbocycles. The fourth-order valence-electron chi connectivity index (χ4n) is 2.28. The van der Waals surface area contributed by atoms with Gasteiger partial charge in [0.05, 0.1) is 0 Å². The van der Waals surface area contributed by atoms with E-state index >= 15 is 0 Å². The normalized spacial score (nSPS) is 11.0. The Balaban J connectivity index is 2.40. The molecule has 82 valence electrons. The Hall–Kier alpha value is -0.800. The third-order valence-corrected chi connectivity index (χ3v) is 21.3. The van der Waals surface area contributed by atoms with Crippen LogP contribution >= 0.6 is 0 Å². The van der Waals surface area contributed by atoms with Gasteiger partial charge in [0.25, 0.3) is 0 Å². The SMILES string of the molecule is C[SiH](C)[GeH]([c]1ccccc1)[c]1ccccc1. The molecule has 2 heteroatoms. The number of hydrogen-bond acceptors (Lipinski definition) is 0. The van der Waals surface area contributed by atoms with E-state index < -0.39 is 21.0 Å². The molecular weight excluding hydrogens is 269 g/mol. The Kier molecular flexibility index (Phi) is 4.02. The molecule has 0 aliphatic rings. The van der Waals surface area contributed by atoms with Crippen molar-refractivity contribution in [3.05, 3.63) is 60.7 Å². The Morgan fingerprint density at radius 1 is 0.688 bits per heavy atom. The molecule has 0 spiro atoms. The van der Waals surface area contributed by atoms with Gasteiger partial charge in [-0.05, 0) is 0 Å². The molecule has 0 unspecified atom stereocenters. The van der Waals surface area contributed by atoms with Crippen molar-refractivity contribution in [1.29, 1.82) is 0 Å². The van der Waals surface area contributed by atoms with E-state index in [0.717, 1.165) is 0 Å². The molecule has 0 atom stereocenters. The molecule has 2 aromatic rings. The number of hydrogen-bond donors (Lipinski definition) is 0. The van der Waals surface area contributed by atoms with Crippen LogP contribution in [0.15, 0.2) is 60.7 Å².